The molecule has 26 heavy (non-hydrogen) atoms. The van der Waals surface area contributed by atoms with E-state index in [1.54, 1.807) is 0 Å². The van der Waals surface area contributed by atoms with Gasteiger partial charge in [0.1, 0.15) is 5.75 Å². The van der Waals surface area contributed by atoms with Crippen LogP contribution in [0.15, 0.2) is 42.6 Å². The Bertz CT molecular complexity index is 749. The van der Waals surface area contributed by atoms with Gasteiger partial charge in [-0.3, -0.25) is 9.78 Å². The Morgan fingerprint density at radius 1 is 1.23 bits per heavy atom. The van der Waals surface area contributed by atoms with Crippen molar-refractivity contribution in [3.8, 4) is 5.75 Å². The van der Waals surface area contributed by atoms with Crippen LogP contribution in [0.4, 0.5) is 0 Å². The van der Waals surface area contributed by atoms with Crippen LogP contribution in [-0.2, 0) is 24.1 Å². The van der Waals surface area contributed by atoms with Crippen molar-refractivity contribution in [3.05, 3.63) is 59.4 Å². The van der Waals surface area contributed by atoms with Gasteiger partial charge in [-0.2, -0.15) is 0 Å². The number of carbonyl (C=O) groups excluding carboxylic acids is 1. The lowest BCUT2D eigenvalue weighted by Gasteiger charge is -2.19. The molecule has 2 heterocycles. The van der Waals surface area contributed by atoms with Gasteiger partial charge in [0.05, 0.1) is 11.4 Å². The molecule has 0 bridgehead atoms. The average molecular weight is 372 g/mol. The van der Waals surface area contributed by atoms with Gasteiger partial charge < -0.3 is 15.2 Å². The Labute approximate surface area is 158 Å². The fourth-order valence-electron chi connectivity index (χ4n) is 2.89. The maximum absolute atomic E-state index is 12.0. The molecule has 0 aliphatic carbocycles. The topological polar surface area (TPSA) is 71.5 Å². The fourth-order valence-corrected chi connectivity index (χ4v) is 3.97. The number of amides is 1. The molecule has 2 atom stereocenters. The summed E-state index contributed by atoms with van der Waals surface area (Å²) in [6, 6.07) is 11.9. The van der Waals surface area contributed by atoms with E-state index in [0.29, 0.717) is 13.0 Å². The minimum Gasteiger partial charge on any atom is -0.493 e. The highest BCUT2D eigenvalue weighted by Crippen LogP contribution is 2.36. The lowest BCUT2D eigenvalue weighted by atomic mass is 9.99. The molecule has 1 aliphatic heterocycles. The average Bonchev–Trinajstić information content (AvgIpc) is 2.88. The van der Waals surface area contributed by atoms with Crippen molar-refractivity contribution in [2.75, 3.05) is 6.61 Å². The second-order valence-corrected chi connectivity index (χ2v) is 8.19. The molecule has 2 unspecified atom stereocenters. The van der Waals surface area contributed by atoms with Crippen LogP contribution >= 0.6 is 11.8 Å². The number of benzene rings is 1. The first-order valence-electron chi connectivity index (χ1n) is 8.81. The molecule has 0 radical (unpaired) electrons. The number of aromatic nitrogens is 1. The van der Waals surface area contributed by atoms with Crippen LogP contribution in [-0.4, -0.2) is 32.9 Å². The summed E-state index contributed by atoms with van der Waals surface area (Å²) in [5.74, 6) is 0.671. The molecule has 2 N–H and O–H groups in total. The molecule has 1 aliphatic rings. The van der Waals surface area contributed by atoms with Gasteiger partial charge in [0.2, 0.25) is 5.91 Å². The zero-order valence-electron chi connectivity index (χ0n) is 15.1. The fraction of sp³-hybridized carbons (Fsp3) is 0.400. The molecule has 1 aromatic heterocycles. The van der Waals surface area contributed by atoms with Crippen molar-refractivity contribution in [1.82, 2.24) is 10.3 Å². The van der Waals surface area contributed by atoms with E-state index in [4.69, 9.17) is 4.74 Å². The Hall–Kier alpha value is -2.05. The lowest BCUT2D eigenvalue weighted by Crippen LogP contribution is -2.36. The van der Waals surface area contributed by atoms with Crippen LogP contribution in [0.1, 0.15) is 30.7 Å². The first kappa shape index (κ1) is 18.7. The lowest BCUT2D eigenvalue weighted by molar-refractivity contribution is -0.123. The number of nitrogens with one attached hydrogen (secondary N) is 1. The number of aliphatic hydroxyl groups excluding tert-OH is 1. The third-order valence-electron chi connectivity index (χ3n) is 4.49. The summed E-state index contributed by atoms with van der Waals surface area (Å²) < 4.78 is 5.15. The monoisotopic (exact) mass is 372 g/mol. The van der Waals surface area contributed by atoms with Crippen LogP contribution in [0, 0.1) is 0 Å². The number of carbonyl (C=O) groups is 1. The smallest absolute Gasteiger partial charge is 0.239 e. The van der Waals surface area contributed by atoms with E-state index in [2.05, 4.69) is 23.3 Å². The van der Waals surface area contributed by atoms with Gasteiger partial charge in [0, 0.05) is 18.3 Å². The molecule has 138 valence electrons. The molecule has 2 aromatic rings. The van der Waals surface area contributed by atoms with E-state index < -0.39 is 10.3 Å². The maximum atomic E-state index is 12.0. The van der Waals surface area contributed by atoms with Gasteiger partial charge in [0.25, 0.3) is 0 Å². The van der Waals surface area contributed by atoms with Crippen LogP contribution in [0.2, 0.25) is 0 Å². The Morgan fingerprint density at radius 2 is 1.96 bits per heavy atom. The minimum absolute atomic E-state index is 0.128. The minimum atomic E-state index is -0.824. The second-order valence-electron chi connectivity index (χ2n) is 6.61. The molecule has 1 saturated heterocycles. The molecule has 6 heteroatoms. The van der Waals surface area contributed by atoms with Gasteiger partial charge >= 0.3 is 0 Å². The summed E-state index contributed by atoms with van der Waals surface area (Å²) in [4.78, 5) is 16.4. The van der Waals surface area contributed by atoms with Crippen molar-refractivity contribution >= 4 is 17.7 Å². The zero-order valence-corrected chi connectivity index (χ0v) is 15.9. The summed E-state index contributed by atoms with van der Waals surface area (Å²) in [6.07, 6.45) is 4.24. The molecular weight excluding hydrogens is 348 g/mol. The molecule has 3 rings (SSSR count). The number of aryl methyl sites for hydroxylation is 1. The number of nitrogens with zero attached hydrogens (tertiary/aromatic N) is 1. The third kappa shape index (κ3) is 4.56. The van der Waals surface area contributed by atoms with E-state index in [1.165, 1.54) is 17.3 Å². The highest BCUT2D eigenvalue weighted by molar-refractivity contribution is 8.02. The summed E-state index contributed by atoms with van der Waals surface area (Å²) in [6.45, 7) is 4.54. The van der Waals surface area contributed by atoms with Gasteiger partial charge in [-0.1, -0.05) is 36.9 Å². The number of hydrogen-bond donors (Lipinski definition) is 2. The van der Waals surface area contributed by atoms with Crippen LogP contribution in [0.3, 0.4) is 0 Å². The molecule has 1 aromatic carbocycles. The number of hydrogen-bond acceptors (Lipinski definition) is 5. The van der Waals surface area contributed by atoms with Crippen LogP contribution in [0.25, 0.3) is 0 Å². The maximum Gasteiger partial charge on any atom is 0.239 e. The van der Waals surface area contributed by atoms with Crippen molar-refractivity contribution in [1.29, 1.82) is 0 Å². The molecular formula is C20H24N2O3S. The van der Waals surface area contributed by atoms with Gasteiger partial charge in [-0.25, -0.2) is 0 Å². The summed E-state index contributed by atoms with van der Waals surface area (Å²) >= 11 is 1.25. The van der Waals surface area contributed by atoms with Crippen molar-refractivity contribution in [2.45, 2.75) is 43.4 Å². The quantitative estimate of drug-likeness (QED) is 0.782. The highest BCUT2D eigenvalue weighted by atomic mass is 32.2. The summed E-state index contributed by atoms with van der Waals surface area (Å²) in [5.41, 5.74) is 2.47. The highest BCUT2D eigenvalue weighted by Gasteiger charge is 2.43. The number of rotatable bonds is 7. The largest absolute Gasteiger partial charge is 0.493 e. The Morgan fingerprint density at radius 3 is 2.54 bits per heavy atom. The van der Waals surface area contributed by atoms with Crippen LogP contribution in [0.5, 0.6) is 5.75 Å². The third-order valence-corrected chi connectivity index (χ3v) is 5.68. The van der Waals surface area contributed by atoms with E-state index >= 15 is 0 Å². The second kappa shape index (κ2) is 8.10. The Balaban J connectivity index is 1.50. The van der Waals surface area contributed by atoms with E-state index in [9.17, 15) is 9.90 Å². The van der Waals surface area contributed by atoms with Gasteiger partial charge in [-0.05, 0) is 49.1 Å². The van der Waals surface area contributed by atoms with E-state index in [-0.39, 0.29) is 5.91 Å². The van der Waals surface area contributed by atoms with Crippen molar-refractivity contribution in [2.24, 2.45) is 0 Å². The van der Waals surface area contributed by atoms with Gasteiger partial charge in [0.15, 0.2) is 5.56 Å². The predicted octanol–water partition coefficient (Wildman–Crippen LogP) is 2.71. The van der Waals surface area contributed by atoms with Crippen molar-refractivity contribution < 1.29 is 14.6 Å². The summed E-state index contributed by atoms with van der Waals surface area (Å²) in [7, 11) is 0. The predicted molar refractivity (Wildman–Crippen MR) is 103 cm³/mol. The zero-order chi connectivity index (χ0) is 18.6. The number of thioether (sulfide) groups is 1. The first-order valence-corrected chi connectivity index (χ1v) is 9.69. The first-order chi connectivity index (χ1) is 12.5. The van der Waals surface area contributed by atoms with Crippen molar-refractivity contribution in [3.63, 3.8) is 0 Å². The number of pyridine rings is 1. The SMILES string of the molecule is CCc1ccc(CCOc2ccc(CC3(C)SC(O)NC3=O)cc2)nc1. The van der Waals surface area contributed by atoms with E-state index in [1.807, 2.05) is 43.5 Å². The van der Waals surface area contributed by atoms with Gasteiger partial charge in [-0.15, -0.1) is 0 Å². The normalized spacial score (nSPS) is 22.3. The standard InChI is InChI=1S/C20H24N2O3S/c1-3-14-4-7-16(21-13-14)10-11-25-17-8-5-15(6-9-17)12-20(2)18(23)22-19(24)26-20/h4-9,13,19,24H,3,10-12H2,1-2H3,(H,22,23). The molecule has 5 nitrogen and oxygen atoms in total. The van der Waals surface area contributed by atoms with Crippen LogP contribution < -0.4 is 10.1 Å². The summed E-state index contributed by atoms with van der Waals surface area (Å²) in [5, 5.41) is 12.1. The Kier molecular flexibility index (Phi) is 5.84. The number of ether oxygens (including phenoxy) is 1. The molecule has 1 fully saturated rings. The van der Waals surface area contributed by atoms with E-state index in [0.717, 1.165) is 29.8 Å². The molecule has 0 spiro atoms. The molecule has 1 amide bonds. The molecule has 0 saturated carbocycles. The number of aliphatic hydroxyl groups is 1.